The molecule has 1 N–H and O–H groups in total. The van der Waals surface area contributed by atoms with Crippen LogP contribution in [0.25, 0.3) is 0 Å². The highest BCUT2D eigenvalue weighted by molar-refractivity contribution is 6.06. The quantitative estimate of drug-likeness (QED) is 0.872. The van der Waals surface area contributed by atoms with Crippen LogP contribution in [0.2, 0.25) is 0 Å². The maximum atomic E-state index is 13.0. The van der Waals surface area contributed by atoms with Gasteiger partial charge in [-0.2, -0.15) is 0 Å². The first kappa shape index (κ1) is 14.2. The first-order chi connectivity index (χ1) is 10.8. The standard InChI is InChI=1S/C17H22N2O3/c20-16-17(21-11-12-22-17)14-7-3-4-8-15(14)19(16)13-18-9-5-1-2-6-10-18/h3-4,7-8H,1-2,5-6,9-13H2/p+1. The average molecular weight is 303 g/mol. The lowest BCUT2D eigenvalue weighted by atomic mass is 10.1. The first-order valence-electron chi connectivity index (χ1n) is 8.34. The number of nitrogens with zero attached hydrogens (tertiary/aromatic N) is 1. The molecule has 22 heavy (non-hydrogen) atoms. The molecule has 118 valence electrons. The minimum Gasteiger partial charge on any atom is -0.336 e. The molecule has 2 saturated heterocycles. The summed E-state index contributed by atoms with van der Waals surface area (Å²) in [7, 11) is 0. The van der Waals surface area contributed by atoms with Crippen molar-refractivity contribution in [2.75, 3.05) is 37.9 Å². The SMILES string of the molecule is O=C1N(C[NH+]2CCCCCC2)c2ccccc2C12OCCO2. The van der Waals surface area contributed by atoms with Gasteiger partial charge in [-0.1, -0.05) is 18.2 Å². The number of para-hydroxylation sites is 1. The zero-order chi connectivity index (χ0) is 15.0. The maximum absolute atomic E-state index is 13.0. The Morgan fingerprint density at radius 3 is 2.45 bits per heavy atom. The van der Waals surface area contributed by atoms with Gasteiger partial charge in [0.15, 0.2) is 6.67 Å². The highest BCUT2D eigenvalue weighted by Crippen LogP contribution is 2.44. The van der Waals surface area contributed by atoms with Crippen LogP contribution in [0.1, 0.15) is 31.2 Å². The summed E-state index contributed by atoms with van der Waals surface area (Å²) in [5, 5.41) is 0. The number of rotatable bonds is 2. The van der Waals surface area contributed by atoms with Crippen molar-refractivity contribution in [1.29, 1.82) is 0 Å². The molecule has 1 aromatic rings. The van der Waals surface area contributed by atoms with Crippen molar-refractivity contribution >= 4 is 11.6 Å². The van der Waals surface area contributed by atoms with Gasteiger partial charge < -0.3 is 14.4 Å². The molecule has 1 spiro atoms. The smallest absolute Gasteiger partial charge is 0.296 e. The second-order valence-electron chi connectivity index (χ2n) is 6.39. The molecule has 0 bridgehead atoms. The Kier molecular flexibility index (Phi) is 3.64. The lowest BCUT2D eigenvalue weighted by Gasteiger charge is -2.25. The van der Waals surface area contributed by atoms with E-state index in [1.54, 1.807) is 0 Å². The molecule has 5 heteroatoms. The number of carbonyl (C=O) groups excluding carboxylic acids is 1. The van der Waals surface area contributed by atoms with Gasteiger partial charge >= 0.3 is 0 Å². The minimum absolute atomic E-state index is 0.0528. The van der Waals surface area contributed by atoms with E-state index in [4.69, 9.17) is 9.47 Å². The lowest BCUT2D eigenvalue weighted by Crippen LogP contribution is -3.13. The van der Waals surface area contributed by atoms with E-state index < -0.39 is 5.79 Å². The highest BCUT2D eigenvalue weighted by atomic mass is 16.7. The van der Waals surface area contributed by atoms with Crippen LogP contribution in [0.4, 0.5) is 5.69 Å². The van der Waals surface area contributed by atoms with Crippen LogP contribution in [0.5, 0.6) is 0 Å². The Morgan fingerprint density at radius 1 is 1.05 bits per heavy atom. The molecule has 3 aliphatic rings. The second-order valence-corrected chi connectivity index (χ2v) is 6.39. The number of likely N-dealkylation sites (tertiary alicyclic amines) is 1. The molecule has 2 fully saturated rings. The number of benzene rings is 1. The summed E-state index contributed by atoms with van der Waals surface area (Å²) in [5.74, 6) is -1.23. The largest absolute Gasteiger partial charge is 0.336 e. The lowest BCUT2D eigenvalue weighted by molar-refractivity contribution is -0.898. The Balaban J connectivity index is 1.64. The van der Waals surface area contributed by atoms with Crippen molar-refractivity contribution < 1.29 is 19.2 Å². The summed E-state index contributed by atoms with van der Waals surface area (Å²) >= 11 is 0. The van der Waals surface area contributed by atoms with Crippen molar-refractivity contribution in [1.82, 2.24) is 0 Å². The summed E-state index contributed by atoms with van der Waals surface area (Å²) < 4.78 is 11.5. The number of ether oxygens (including phenoxy) is 2. The Hall–Kier alpha value is -1.43. The topological polar surface area (TPSA) is 43.2 Å². The molecule has 5 nitrogen and oxygen atoms in total. The van der Waals surface area contributed by atoms with Crippen LogP contribution in [0.3, 0.4) is 0 Å². The second kappa shape index (κ2) is 5.65. The molecule has 3 aliphatic heterocycles. The third-order valence-electron chi connectivity index (χ3n) is 4.96. The summed E-state index contributed by atoms with van der Waals surface area (Å²) in [6, 6.07) is 7.88. The number of quaternary nitrogens is 1. The molecule has 0 unspecified atom stereocenters. The normalized spacial score (nSPS) is 24.7. The first-order valence-corrected chi connectivity index (χ1v) is 8.34. The number of carbonyl (C=O) groups is 1. The fourth-order valence-corrected chi connectivity index (χ4v) is 3.85. The number of nitrogens with one attached hydrogen (secondary N) is 1. The third kappa shape index (κ3) is 2.16. The predicted octanol–water partition coefficient (Wildman–Crippen LogP) is 0.649. The van der Waals surface area contributed by atoms with Gasteiger partial charge in [-0.15, -0.1) is 0 Å². The molecule has 0 saturated carbocycles. The van der Waals surface area contributed by atoms with E-state index in [0.29, 0.717) is 19.9 Å². The minimum atomic E-state index is -1.18. The van der Waals surface area contributed by atoms with E-state index >= 15 is 0 Å². The van der Waals surface area contributed by atoms with Gasteiger partial charge in [-0.25, -0.2) is 0 Å². The van der Waals surface area contributed by atoms with Gasteiger partial charge in [0.2, 0.25) is 0 Å². The molecule has 0 aliphatic carbocycles. The molecule has 1 aromatic carbocycles. The van der Waals surface area contributed by atoms with Crippen LogP contribution in [0.15, 0.2) is 24.3 Å². The van der Waals surface area contributed by atoms with Crippen molar-refractivity contribution in [2.45, 2.75) is 31.5 Å². The summed E-state index contributed by atoms with van der Waals surface area (Å²) in [4.78, 5) is 16.4. The highest BCUT2D eigenvalue weighted by Gasteiger charge is 2.56. The van der Waals surface area contributed by atoms with E-state index in [0.717, 1.165) is 24.3 Å². The van der Waals surface area contributed by atoms with Gasteiger partial charge in [0, 0.05) is 5.56 Å². The van der Waals surface area contributed by atoms with Gasteiger partial charge in [-0.3, -0.25) is 9.69 Å². The van der Waals surface area contributed by atoms with E-state index in [2.05, 4.69) is 0 Å². The zero-order valence-electron chi connectivity index (χ0n) is 12.8. The monoisotopic (exact) mass is 303 g/mol. The van der Waals surface area contributed by atoms with Crippen LogP contribution in [0, 0.1) is 0 Å². The van der Waals surface area contributed by atoms with E-state index in [9.17, 15) is 4.79 Å². The Morgan fingerprint density at radius 2 is 1.73 bits per heavy atom. The van der Waals surface area contributed by atoms with E-state index in [-0.39, 0.29) is 5.91 Å². The molecule has 0 aromatic heterocycles. The van der Waals surface area contributed by atoms with Crippen molar-refractivity contribution in [3.05, 3.63) is 29.8 Å². The molecular weight excluding hydrogens is 280 g/mol. The van der Waals surface area contributed by atoms with Crippen molar-refractivity contribution in [2.24, 2.45) is 0 Å². The molecule has 3 heterocycles. The van der Waals surface area contributed by atoms with E-state index in [1.165, 1.54) is 30.6 Å². The average Bonchev–Trinajstić information content (AvgIpc) is 3.01. The Bertz CT molecular complexity index is 561. The number of hydrogen-bond acceptors (Lipinski definition) is 3. The van der Waals surface area contributed by atoms with Gasteiger partial charge in [0.1, 0.15) is 0 Å². The predicted molar refractivity (Wildman–Crippen MR) is 81.5 cm³/mol. The van der Waals surface area contributed by atoms with E-state index in [1.807, 2.05) is 29.2 Å². The molecule has 0 radical (unpaired) electrons. The molecule has 0 atom stereocenters. The molecule has 4 rings (SSSR count). The number of fused-ring (bicyclic) bond motifs is 2. The fraction of sp³-hybridized carbons (Fsp3) is 0.588. The zero-order valence-corrected chi connectivity index (χ0v) is 12.8. The van der Waals surface area contributed by atoms with Crippen LogP contribution >= 0.6 is 0 Å². The van der Waals surface area contributed by atoms with Crippen molar-refractivity contribution in [3.63, 3.8) is 0 Å². The number of amides is 1. The number of anilines is 1. The molecule has 1 amide bonds. The van der Waals surface area contributed by atoms with Crippen LogP contribution < -0.4 is 9.80 Å². The third-order valence-corrected chi connectivity index (χ3v) is 4.96. The van der Waals surface area contributed by atoms with Gasteiger partial charge in [0.25, 0.3) is 11.7 Å². The fourth-order valence-electron chi connectivity index (χ4n) is 3.85. The Labute approximate surface area is 130 Å². The van der Waals surface area contributed by atoms with Gasteiger partial charge in [-0.05, 0) is 31.7 Å². The molecular formula is C17H23N2O3+. The van der Waals surface area contributed by atoms with Crippen LogP contribution in [-0.2, 0) is 20.1 Å². The van der Waals surface area contributed by atoms with Crippen molar-refractivity contribution in [3.8, 4) is 0 Å². The summed E-state index contributed by atoms with van der Waals surface area (Å²) in [6.07, 6.45) is 5.11. The number of hydrogen-bond donors (Lipinski definition) is 1. The summed E-state index contributed by atoms with van der Waals surface area (Å²) in [6.45, 7) is 3.95. The van der Waals surface area contributed by atoms with Crippen LogP contribution in [-0.4, -0.2) is 38.9 Å². The summed E-state index contributed by atoms with van der Waals surface area (Å²) in [5.41, 5.74) is 1.82. The van der Waals surface area contributed by atoms with Gasteiger partial charge in [0.05, 0.1) is 32.0 Å². The maximum Gasteiger partial charge on any atom is 0.296 e.